The number of methoxy groups -OCH3 is 1. The van der Waals surface area contributed by atoms with E-state index < -0.39 is 5.83 Å². The van der Waals surface area contributed by atoms with Crippen molar-refractivity contribution in [1.82, 2.24) is 9.71 Å². The summed E-state index contributed by atoms with van der Waals surface area (Å²) in [5.74, 6) is 0.107. The highest BCUT2D eigenvalue weighted by Crippen LogP contribution is 2.31. The van der Waals surface area contributed by atoms with E-state index in [1.165, 1.54) is 25.1 Å². The molecule has 1 heterocycles. The highest BCUT2D eigenvalue weighted by atomic mass is 35.5. The van der Waals surface area contributed by atoms with Crippen LogP contribution in [0.15, 0.2) is 52.5 Å². The second-order valence-electron chi connectivity index (χ2n) is 5.00. The number of H-pyrrole nitrogens is 1. The Bertz CT molecular complexity index is 853. The molecule has 1 aliphatic carbocycles. The minimum Gasteiger partial charge on any atom is -0.499 e. The van der Waals surface area contributed by atoms with Gasteiger partial charge in [-0.1, -0.05) is 17.7 Å². The Labute approximate surface area is 142 Å². The number of aromatic amines is 1. The van der Waals surface area contributed by atoms with Crippen LogP contribution >= 0.6 is 23.5 Å². The summed E-state index contributed by atoms with van der Waals surface area (Å²) in [4.78, 5) is 4.12. The van der Waals surface area contributed by atoms with Crippen LogP contribution in [-0.4, -0.2) is 18.1 Å². The molecule has 0 amide bonds. The van der Waals surface area contributed by atoms with Crippen molar-refractivity contribution < 1.29 is 9.13 Å². The van der Waals surface area contributed by atoms with Gasteiger partial charge in [-0.05, 0) is 30.2 Å². The average Bonchev–Trinajstić information content (AvgIpc) is 2.95. The van der Waals surface area contributed by atoms with Gasteiger partial charge in [0, 0.05) is 33.4 Å². The number of nitriles is 1. The molecule has 0 fully saturated rings. The summed E-state index contributed by atoms with van der Waals surface area (Å²) in [6.45, 7) is 0. The lowest BCUT2D eigenvalue weighted by Crippen LogP contribution is -2.28. The molecule has 0 radical (unpaired) electrons. The first-order chi connectivity index (χ1) is 11.1. The molecule has 2 aromatic rings. The maximum Gasteiger partial charge on any atom is 0.120 e. The molecule has 0 saturated heterocycles. The van der Waals surface area contributed by atoms with Crippen LogP contribution in [0, 0.1) is 11.3 Å². The van der Waals surface area contributed by atoms with Gasteiger partial charge in [0.1, 0.15) is 17.7 Å². The molecule has 0 saturated carbocycles. The second kappa shape index (κ2) is 6.67. The fraction of sp³-hybridized carbons (Fsp3) is 0.188. The smallest absolute Gasteiger partial charge is 0.120 e. The summed E-state index contributed by atoms with van der Waals surface area (Å²) in [5.41, 5.74) is 0.956. The van der Waals surface area contributed by atoms with E-state index in [9.17, 15) is 4.39 Å². The first kappa shape index (κ1) is 15.9. The second-order valence-corrected chi connectivity index (χ2v) is 6.32. The van der Waals surface area contributed by atoms with Crippen LogP contribution in [0.5, 0.6) is 0 Å². The highest BCUT2D eigenvalue weighted by molar-refractivity contribution is 7.97. The number of aromatic nitrogens is 1. The number of rotatable bonds is 4. The number of benzene rings is 1. The molecule has 1 atom stereocenters. The minimum absolute atomic E-state index is 0.0200. The quantitative estimate of drug-likeness (QED) is 0.799. The number of ether oxygens (including phenoxy) is 1. The highest BCUT2D eigenvalue weighted by Gasteiger charge is 2.25. The third kappa shape index (κ3) is 3.22. The average molecular weight is 350 g/mol. The molecule has 1 unspecified atom stereocenters. The molecule has 7 heteroatoms. The molecule has 1 aromatic heterocycles. The van der Waals surface area contributed by atoms with E-state index in [0.29, 0.717) is 10.8 Å². The van der Waals surface area contributed by atoms with Gasteiger partial charge >= 0.3 is 0 Å². The summed E-state index contributed by atoms with van der Waals surface area (Å²) >= 11 is 7.35. The normalized spacial score (nSPS) is 18.0. The molecule has 23 heavy (non-hydrogen) atoms. The van der Waals surface area contributed by atoms with Gasteiger partial charge in [0.25, 0.3) is 0 Å². The van der Waals surface area contributed by atoms with Crippen molar-refractivity contribution in [2.75, 3.05) is 7.11 Å². The maximum absolute atomic E-state index is 13.9. The number of allylic oxidation sites excluding steroid dienone is 2. The lowest BCUT2D eigenvalue weighted by atomic mass is 10.0. The van der Waals surface area contributed by atoms with Gasteiger partial charge in [-0.2, -0.15) is 5.26 Å². The summed E-state index contributed by atoms with van der Waals surface area (Å²) in [5, 5.41) is 10.6. The maximum atomic E-state index is 13.9. The number of halogens is 2. The van der Waals surface area contributed by atoms with Gasteiger partial charge < -0.3 is 9.72 Å². The van der Waals surface area contributed by atoms with Crippen LogP contribution in [-0.2, 0) is 4.74 Å². The predicted molar refractivity (Wildman–Crippen MR) is 89.5 cm³/mol. The Balaban J connectivity index is 1.76. The Morgan fingerprint density at radius 1 is 1.52 bits per heavy atom. The first-order valence-corrected chi connectivity index (χ1v) is 8.05. The van der Waals surface area contributed by atoms with Crippen molar-refractivity contribution in [2.45, 2.75) is 17.4 Å². The topological polar surface area (TPSA) is 60.8 Å². The molecule has 0 bridgehead atoms. The Kier molecular flexibility index (Phi) is 4.62. The van der Waals surface area contributed by atoms with Crippen molar-refractivity contribution in [3.05, 3.63) is 52.7 Å². The van der Waals surface area contributed by atoms with E-state index in [-0.39, 0.29) is 18.0 Å². The molecule has 0 spiro atoms. The van der Waals surface area contributed by atoms with E-state index in [1.54, 1.807) is 0 Å². The SMILES string of the molecule is COC1=CC(C#N)=C(F)CC1NSc1c[nH]c2cc(Cl)ccc12. The van der Waals surface area contributed by atoms with Crippen LogP contribution in [0.2, 0.25) is 5.02 Å². The fourth-order valence-corrected chi connectivity index (χ4v) is 3.44. The van der Waals surface area contributed by atoms with E-state index in [4.69, 9.17) is 21.6 Å². The van der Waals surface area contributed by atoms with Gasteiger partial charge in [-0.25, -0.2) is 9.11 Å². The van der Waals surface area contributed by atoms with Crippen molar-refractivity contribution in [2.24, 2.45) is 0 Å². The largest absolute Gasteiger partial charge is 0.499 e. The zero-order chi connectivity index (χ0) is 16.4. The zero-order valence-corrected chi connectivity index (χ0v) is 13.8. The number of hydrogen-bond acceptors (Lipinski definition) is 4. The third-order valence-electron chi connectivity index (χ3n) is 3.58. The summed E-state index contributed by atoms with van der Waals surface area (Å²) in [7, 11) is 1.51. The van der Waals surface area contributed by atoms with Crippen LogP contribution in [0.3, 0.4) is 0 Å². The Morgan fingerprint density at radius 3 is 3.09 bits per heavy atom. The zero-order valence-electron chi connectivity index (χ0n) is 12.2. The standard InChI is InChI=1S/C16H13ClFN3OS/c1-22-15-4-9(7-19)12(18)6-14(15)21-23-16-8-20-13-5-10(17)2-3-11(13)16/h2-5,8,14,20-21H,6H2,1H3. The lowest BCUT2D eigenvalue weighted by molar-refractivity contribution is 0.253. The molecule has 4 nitrogen and oxygen atoms in total. The number of nitrogens with one attached hydrogen (secondary N) is 2. The van der Waals surface area contributed by atoms with Crippen molar-refractivity contribution in [1.29, 1.82) is 5.26 Å². The molecule has 3 rings (SSSR count). The minimum atomic E-state index is -0.433. The van der Waals surface area contributed by atoms with Crippen LogP contribution in [0.1, 0.15) is 6.42 Å². The Hall–Kier alpha value is -1.94. The molecular weight excluding hydrogens is 337 g/mol. The van der Waals surface area contributed by atoms with Crippen LogP contribution in [0.25, 0.3) is 10.9 Å². The van der Waals surface area contributed by atoms with Crippen molar-refractivity contribution in [3.8, 4) is 6.07 Å². The first-order valence-electron chi connectivity index (χ1n) is 6.85. The van der Waals surface area contributed by atoms with E-state index in [0.717, 1.165) is 15.8 Å². The number of fused-ring (bicyclic) bond motifs is 1. The van der Waals surface area contributed by atoms with Gasteiger partial charge in [-0.3, -0.25) is 0 Å². The third-order valence-corrected chi connectivity index (χ3v) is 4.77. The summed E-state index contributed by atoms with van der Waals surface area (Å²) in [6.07, 6.45) is 3.39. The van der Waals surface area contributed by atoms with Gasteiger partial charge in [0.05, 0.1) is 18.7 Å². The van der Waals surface area contributed by atoms with Crippen LogP contribution < -0.4 is 4.72 Å². The number of nitrogens with zero attached hydrogens (tertiary/aromatic N) is 1. The Morgan fingerprint density at radius 2 is 2.35 bits per heavy atom. The van der Waals surface area contributed by atoms with Crippen molar-refractivity contribution >= 4 is 34.5 Å². The van der Waals surface area contributed by atoms with Gasteiger partial charge in [0.2, 0.25) is 0 Å². The molecule has 118 valence electrons. The molecular formula is C16H13ClFN3OS. The van der Waals surface area contributed by atoms with E-state index in [2.05, 4.69) is 9.71 Å². The van der Waals surface area contributed by atoms with Crippen LogP contribution in [0.4, 0.5) is 4.39 Å². The molecule has 2 N–H and O–H groups in total. The molecule has 0 aliphatic heterocycles. The van der Waals surface area contributed by atoms with E-state index in [1.807, 2.05) is 30.5 Å². The summed E-state index contributed by atoms with van der Waals surface area (Å²) < 4.78 is 22.3. The summed E-state index contributed by atoms with van der Waals surface area (Å²) in [6, 6.07) is 7.11. The lowest BCUT2D eigenvalue weighted by Gasteiger charge is -2.22. The van der Waals surface area contributed by atoms with E-state index >= 15 is 0 Å². The predicted octanol–water partition coefficient (Wildman–Crippen LogP) is 4.47. The van der Waals surface area contributed by atoms with Gasteiger partial charge in [-0.15, -0.1) is 0 Å². The fourth-order valence-electron chi connectivity index (χ4n) is 2.40. The molecule has 1 aromatic carbocycles. The van der Waals surface area contributed by atoms with Crippen molar-refractivity contribution in [3.63, 3.8) is 0 Å². The molecule has 1 aliphatic rings. The number of hydrogen-bond donors (Lipinski definition) is 2. The van der Waals surface area contributed by atoms with Gasteiger partial charge in [0.15, 0.2) is 0 Å². The monoisotopic (exact) mass is 349 g/mol.